The first-order valence-electron chi connectivity index (χ1n) is 5.80. The van der Waals surface area contributed by atoms with E-state index in [-0.39, 0.29) is 11.7 Å². The van der Waals surface area contributed by atoms with Crippen molar-refractivity contribution in [3.8, 4) is 0 Å². The van der Waals surface area contributed by atoms with Crippen LogP contribution >= 0.6 is 23.1 Å². The molecule has 2 heterocycles. The Kier molecular flexibility index (Phi) is 3.52. The Morgan fingerprint density at radius 1 is 1.47 bits per heavy atom. The van der Waals surface area contributed by atoms with Gasteiger partial charge in [0.1, 0.15) is 10.2 Å². The lowest BCUT2D eigenvalue weighted by Crippen LogP contribution is -2.27. The van der Waals surface area contributed by atoms with Crippen molar-refractivity contribution in [1.29, 1.82) is 0 Å². The highest BCUT2D eigenvalue weighted by atomic mass is 32.2. The minimum absolute atomic E-state index is 0.0239. The van der Waals surface area contributed by atoms with Gasteiger partial charge in [-0.25, -0.2) is 9.37 Å². The van der Waals surface area contributed by atoms with Crippen LogP contribution in [0.25, 0.3) is 0 Å². The van der Waals surface area contributed by atoms with Crippen LogP contribution in [0.4, 0.5) is 4.39 Å². The standard InChI is InChI=1S/C13H11FN2OS2/c14-11-3-1-2-9-6-16(7-10(9)11)12(17)8-19-13-15-4-5-18-13/h1-5H,6-8H2. The largest absolute Gasteiger partial charge is 0.333 e. The van der Waals surface area contributed by atoms with Gasteiger partial charge in [-0.15, -0.1) is 11.3 Å². The molecule has 0 fully saturated rings. The molecule has 0 unspecified atom stereocenters. The summed E-state index contributed by atoms with van der Waals surface area (Å²) in [7, 11) is 0. The average Bonchev–Trinajstić information content (AvgIpc) is 3.05. The molecule has 0 saturated carbocycles. The maximum atomic E-state index is 13.6. The molecule has 0 N–H and O–H groups in total. The molecule has 2 aromatic rings. The summed E-state index contributed by atoms with van der Waals surface area (Å²) in [6.07, 6.45) is 1.72. The molecule has 0 bridgehead atoms. The Labute approximate surface area is 118 Å². The summed E-state index contributed by atoms with van der Waals surface area (Å²) in [5.74, 6) is 0.152. The normalized spacial score (nSPS) is 13.6. The molecule has 1 amide bonds. The summed E-state index contributed by atoms with van der Waals surface area (Å²) in [5.41, 5.74) is 1.56. The third-order valence-corrected chi connectivity index (χ3v) is 4.96. The number of rotatable bonds is 3. The summed E-state index contributed by atoms with van der Waals surface area (Å²) in [6, 6.07) is 5.00. The average molecular weight is 294 g/mol. The van der Waals surface area contributed by atoms with Crippen molar-refractivity contribution in [3.05, 3.63) is 46.7 Å². The molecule has 3 nitrogen and oxygen atoms in total. The maximum absolute atomic E-state index is 13.6. The summed E-state index contributed by atoms with van der Waals surface area (Å²) in [4.78, 5) is 17.9. The molecule has 0 atom stereocenters. The predicted octanol–water partition coefficient (Wildman–Crippen LogP) is 2.92. The molecule has 1 aromatic carbocycles. The zero-order valence-electron chi connectivity index (χ0n) is 10.0. The topological polar surface area (TPSA) is 33.2 Å². The first kappa shape index (κ1) is 12.6. The van der Waals surface area contributed by atoms with Gasteiger partial charge < -0.3 is 4.90 Å². The zero-order valence-corrected chi connectivity index (χ0v) is 11.6. The highest BCUT2D eigenvalue weighted by Gasteiger charge is 2.25. The number of halogens is 1. The number of fused-ring (bicyclic) bond motifs is 1. The Morgan fingerprint density at radius 2 is 2.37 bits per heavy atom. The van der Waals surface area contributed by atoms with Crippen molar-refractivity contribution in [2.45, 2.75) is 17.4 Å². The molecule has 1 aliphatic heterocycles. The highest BCUT2D eigenvalue weighted by Crippen LogP contribution is 2.27. The molecular formula is C13H11FN2OS2. The van der Waals surface area contributed by atoms with Crippen molar-refractivity contribution in [3.63, 3.8) is 0 Å². The fraction of sp³-hybridized carbons (Fsp3) is 0.231. The van der Waals surface area contributed by atoms with Gasteiger partial charge in [0, 0.05) is 30.2 Å². The predicted molar refractivity (Wildman–Crippen MR) is 73.5 cm³/mol. The molecule has 0 spiro atoms. The maximum Gasteiger partial charge on any atom is 0.233 e. The van der Waals surface area contributed by atoms with E-state index < -0.39 is 0 Å². The van der Waals surface area contributed by atoms with Crippen LogP contribution in [0.2, 0.25) is 0 Å². The first-order chi connectivity index (χ1) is 9.24. The number of amides is 1. The van der Waals surface area contributed by atoms with Crippen molar-refractivity contribution in [1.82, 2.24) is 9.88 Å². The van der Waals surface area contributed by atoms with E-state index in [0.29, 0.717) is 24.4 Å². The number of benzene rings is 1. The second-order valence-corrected chi connectivity index (χ2v) is 6.33. The fourth-order valence-electron chi connectivity index (χ4n) is 2.05. The van der Waals surface area contributed by atoms with Crippen LogP contribution in [0.3, 0.4) is 0 Å². The summed E-state index contributed by atoms with van der Waals surface area (Å²) in [5, 5.41) is 1.88. The number of hydrogen-bond acceptors (Lipinski definition) is 4. The van der Waals surface area contributed by atoms with Crippen LogP contribution in [0.1, 0.15) is 11.1 Å². The van der Waals surface area contributed by atoms with Gasteiger partial charge in [-0.05, 0) is 11.6 Å². The number of thioether (sulfide) groups is 1. The minimum Gasteiger partial charge on any atom is -0.333 e. The number of carbonyl (C=O) groups is 1. The monoisotopic (exact) mass is 294 g/mol. The lowest BCUT2D eigenvalue weighted by atomic mass is 10.1. The van der Waals surface area contributed by atoms with E-state index in [9.17, 15) is 9.18 Å². The van der Waals surface area contributed by atoms with E-state index in [1.54, 1.807) is 17.2 Å². The number of hydrogen-bond donors (Lipinski definition) is 0. The van der Waals surface area contributed by atoms with Gasteiger partial charge in [0.2, 0.25) is 5.91 Å². The molecular weight excluding hydrogens is 283 g/mol. The molecule has 1 aliphatic rings. The lowest BCUT2D eigenvalue weighted by molar-refractivity contribution is -0.128. The lowest BCUT2D eigenvalue weighted by Gasteiger charge is -2.14. The highest BCUT2D eigenvalue weighted by molar-refractivity contribution is 8.01. The van der Waals surface area contributed by atoms with E-state index >= 15 is 0 Å². The van der Waals surface area contributed by atoms with Gasteiger partial charge in [-0.2, -0.15) is 0 Å². The van der Waals surface area contributed by atoms with Crippen molar-refractivity contribution in [2.24, 2.45) is 0 Å². The number of thiazole rings is 1. The van der Waals surface area contributed by atoms with Gasteiger partial charge in [0.15, 0.2) is 0 Å². The Balaban J connectivity index is 1.63. The van der Waals surface area contributed by atoms with Crippen LogP contribution in [-0.2, 0) is 17.9 Å². The molecule has 98 valence electrons. The third-order valence-electron chi connectivity index (χ3n) is 3.01. The van der Waals surface area contributed by atoms with Gasteiger partial charge in [-0.3, -0.25) is 4.79 Å². The van der Waals surface area contributed by atoms with Crippen molar-refractivity contribution < 1.29 is 9.18 Å². The van der Waals surface area contributed by atoms with E-state index in [2.05, 4.69) is 4.98 Å². The zero-order chi connectivity index (χ0) is 13.2. The van der Waals surface area contributed by atoms with Gasteiger partial charge in [0.05, 0.1) is 5.75 Å². The van der Waals surface area contributed by atoms with Crippen LogP contribution < -0.4 is 0 Å². The van der Waals surface area contributed by atoms with Crippen LogP contribution in [0, 0.1) is 5.82 Å². The summed E-state index contributed by atoms with van der Waals surface area (Å²) in [6.45, 7) is 0.879. The molecule has 0 aliphatic carbocycles. The fourth-order valence-corrected chi connectivity index (χ4v) is 3.59. The number of carbonyl (C=O) groups excluding carboxylic acids is 1. The van der Waals surface area contributed by atoms with E-state index in [0.717, 1.165) is 9.90 Å². The molecule has 1 aromatic heterocycles. The molecule has 6 heteroatoms. The van der Waals surface area contributed by atoms with Crippen molar-refractivity contribution in [2.75, 3.05) is 5.75 Å². The quantitative estimate of drug-likeness (QED) is 0.816. The van der Waals surface area contributed by atoms with Crippen LogP contribution in [0.15, 0.2) is 34.1 Å². The van der Waals surface area contributed by atoms with Gasteiger partial charge in [-0.1, -0.05) is 23.9 Å². The third kappa shape index (κ3) is 2.64. The van der Waals surface area contributed by atoms with E-state index in [1.165, 1.54) is 29.2 Å². The smallest absolute Gasteiger partial charge is 0.233 e. The first-order valence-corrected chi connectivity index (χ1v) is 7.67. The van der Waals surface area contributed by atoms with E-state index in [1.807, 2.05) is 11.4 Å². The molecule has 3 rings (SSSR count). The molecule has 0 radical (unpaired) electrons. The second kappa shape index (κ2) is 5.30. The van der Waals surface area contributed by atoms with Gasteiger partial charge in [0.25, 0.3) is 0 Å². The number of nitrogens with zero attached hydrogens (tertiary/aromatic N) is 2. The summed E-state index contributed by atoms with van der Waals surface area (Å²) < 4.78 is 14.5. The molecule has 19 heavy (non-hydrogen) atoms. The second-order valence-electron chi connectivity index (χ2n) is 4.21. The Morgan fingerprint density at radius 3 is 3.11 bits per heavy atom. The van der Waals surface area contributed by atoms with E-state index in [4.69, 9.17) is 0 Å². The van der Waals surface area contributed by atoms with Gasteiger partial charge >= 0.3 is 0 Å². The molecule has 0 saturated heterocycles. The van der Waals surface area contributed by atoms with Crippen molar-refractivity contribution >= 4 is 29.0 Å². The Bertz CT molecular complexity index is 601. The van der Waals surface area contributed by atoms with Crippen LogP contribution in [0.5, 0.6) is 0 Å². The summed E-state index contributed by atoms with van der Waals surface area (Å²) >= 11 is 2.95. The minimum atomic E-state index is -0.222. The Hall–Kier alpha value is -1.40. The number of aromatic nitrogens is 1. The SMILES string of the molecule is O=C(CSc1nccs1)N1Cc2cccc(F)c2C1. The van der Waals surface area contributed by atoms with Crippen LogP contribution in [-0.4, -0.2) is 21.5 Å².